The number of benzene rings is 1. The molecule has 1 aromatic carbocycles. The van der Waals surface area contributed by atoms with Gasteiger partial charge in [0.1, 0.15) is 5.70 Å². The zero-order valence-electron chi connectivity index (χ0n) is 10.1. The minimum Gasteiger partial charge on any atom is -0.328 e. The van der Waals surface area contributed by atoms with Crippen molar-refractivity contribution in [1.29, 1.82) is 0 Å². The van der Waals surface area contributed by atoms with E-state index in [2.05, 4.69) is 11.9 Å². The van der Waals surface area contributed by atoms with Gasteiger partial charge in [0.05, 0.1) is 0 Å². The molecule has 0 spiro atoms. The van der Waals surface area contributed by atoms with Crippen molar-refractivity contribution < 1.29 is 4.79 Å². The molecule has 0 aromatic heterocycles. The molecule has 1 N–H and O–H groups in total. The number of nitrogens with zero attached hydrogens (tertiary/aromatic N) is 1. The Hall–Kier alpha value is -1.94. The van der Waals surface area contributed by atoms with E-state index in [1.54, 1.807) is 12.2 Å². The van der Waals surface area contributed by atoms with Gasteiger partial charge in [0.25, 0.3) is 5.91 Å². The van der Waals surface area contributed by atoms with Crippen LogP contribution in [-0.4, -0.2) is 22.5 Å². The number of nitrogens with one attached hydrogen (secondary N) is 1. The van der Waals surface area contributed by atoms with E-state index in [9.17, 15) is 4.79 Å². The monoisotopic (exact) mass is 258 g/mol. The smallest absolute Gasteiger partial charge is 0.276 e. The fourth-order valence-corrected chi connectivity index (χ4v) is 1.96. The summed E-state index contributed by atoms with van der Waals surface area (Å²) in [6.07, 6.45) is 3.46. The lowest BCUT2D eigenvalue weighted by Crippen LogP contribution is -2.30. The van der Waals surface area contributed by atoms with Crippen molar-refractivity contribution >= 4 is 29.3 Å². The Labute approximate surface area is 112 Å². The van der Waals surface area contributed by atoms with E-state index in [1.807, 2.05) is 31.2 Å². The number of amides is 1. The molecule has 0 saturated carbocycles. The summed E-state index contributed by atoms with van der Waals surface area (Å²) in [6.45, 7) is 6.06. The number of carbonyl (C=O) groups is 1. The molecule has 92 valence electrons. The quantitative estimate of drug-likeness (QED) is 0.512. The van der Waals surface area contributed by atoms with Gasteiger partial charge >= 0.3 is 0 Å². The normalized spacial score (nSPS) is 17.2. The molecule has 0 aliphatic carbocycles. The summed E-state index contributed by atoms with van der Waals surface area (Å²) >= 11 is 5.10. The molecule has 3 nitrogen and oxygen atoms in total. The number of thiocarbonyl (C=S) groups is 1. The number of aryl methyl sites for hydroxylation is 1. The van der Waals surface area contributed by atoms with Crippen LogP contribution in [0.1, 0.15) is 11.1 Å². The van der Waals surface area contributed by atoms with Crippen LogP contribution in [0.15, 0.2) is 42.6 Å². The van der Waals surface area contributed by atoms with E-state index in [0.717, 1.165) is 5.56 Å². The fourth-order valence-electron chi connectivity index (χ4n) is 1.70. The summed E-state index contributed by atoms with van der Waals surface area (Å²) in [4.78, 5) is 13.5. The predicted molar refractivity (Wildman–Crippen MR) is 76.8 cm³/mol. The Kier molecular flexibility index (Phi) is 3.58. The van der Waals surface area contributed by atoms with E-state index < -0.39 is 0 Å². The summed E-state index contributed by atoms with van der Waals surface area (Å²) in [6, 6.07) is 7.95. The lowest BCUT2D eigenvalue weighted by Gasteiger charge is -2.09. The van der Waals surface area contributed by atoms with Gasteiger partial charge in [0.15, 0.2) is 5.11 Å². The molecule has 1 aliphatic rings. The Morgan fingerprint density at radius 1 is 1.39 bits per heavy atom. The number of carbonyl (C=O) groups excluding carboxylic acids is 1. The largest absolute Gasteiger partial charge is 0.328 e. The molecule has 1 aromatic rings. The van der Waals surface area contributed by atoms with Gasteiger partial charge in [-0.25, -0.2) is 0 Å². The van der Waals surface area contributed by atoms with Gasteiger partial charge in [0.2, 0.25) is 0 Å². The lowest BCUT2D eigenvalue weighted by atomic mass is 10.1. The third kappa shape index (κ3) is 2.49. The van der Waals surface area contributed by atoms with Crippen molar-refractivity contribution in [1.82, 2.24) is 10.2 Å². The molecular weight excluding hydrogens is 244 g/mol. The molecule has 0 unspecified atom stereocenters. The molecule has 4 heteroatoms. The summed E-state index contributed by atoms with van der Waals surface area (Å²) in [5, 5.41) is 3.35. The molecular formula is C14H14N2OS. The molecule has 1 fully saturated rings. The predicted octanol–water partition coefficient (Wildman–Crippen LogP) is 2.24. The minimum atomic E-state index is -0.111. The third-order valence-electron chi connectivity index (χ3n) is 2.66. The van der Waals surface area contributed by atoms with Crippen LogP contribution in [0.5, 0.6) is 0 Å². The van der Waals surface area contributed by atoms with Crippen molar-refractivity contribution in [3.05, 3.63) is 53.7 Å². The molecule has 0 bridgehead atoms. The van der Waals surface area contributed by atoms with Gasteiger partial charge in [-0.15, -0.1) is 6.58 Å². The number of hydrogen-bond donors (Lipinski definition) is 1. The van der Waals surface area contributed by atoms with Crippen molar-refractivity contribution in [2.24, 2.45) is 0 Å². The van der Waals surface area contributed by atoms with E-state index in [4.69, 9.17) is 12.2 Å². The Balaban J connectivity index is 2.24. The van der Waals surface area contributed by atoms with Crippen LogP contribution >= 0.6 is 12.2 Å². The first-order chi connectivity index (χ1) is 8.61. The molecule has 18 heavy (non-hydrogen) atoms. The average molecular weight is 258 g/mol. The molecule has 1 saturated heterocycles. The van der Waals surface area contributed by atoms with Crippen LogP contribution < -0.4 is 5.32 Å². The molecule has 2 rings (SSSR count). The van der Waals surface area contributed by atoms with Gasteiger partial charge < -0.3 is 5.32 Å². The van der Waals surface area contributed by atoms with Crippen LogP contribution in [-0.2, 0) is 4.79 Å². The third-order valence-corrected chi connectivity index (χ3v) is 2.98. The van der Waals surface area contributed by atoms with Crippen molar-refractivity contribution in [3.63, 3.8) is 0 Å². The fraction of sp³-hybridized carbons (Fsp3) is 0.143. The van der Waals surface area contributed by atoms with E-state index in [0.29, 0.717) is 17.4 Å². The van der Waals surface area contributed by atoms with Crippen LogP contribution in [0.3, 0.4) is 0 Å². The zero-order valence-corrected chi connectivity index (χ0v) is 11.0. The lowest BCUT2D eigenvalue weighted by molar-refractivity contribution is -0.122. The molecule has 0 atom stereocenters. The SMILES string of the molecule is C=CCN1C(=O)/C(=C/c2ccc(C)cc2)NC1=S. The first-order valence-electron chi connectivity index (χ1n) is 5.64. The topological polar surface area (TPSA) is 32.3 Å². The van der Waals surface area contributed by atoms with Crippen LogP contribution in [0.4, 0.5) is 0 Å². The Morgan fingerprint density at radius 2 is 2.06 bits per heavy atom. The highest BCUT2D eigenvalue weighted by molar-refractivity contribution is 7.80. The maximum atomic E-state index is 12.0. The first kappa shape index (κ1) is 12.5. The van der Waals surface area contributed by atoms with E-state index in [-0.39, 0.29) is 5.91 Å². The maximum Gasteiger partial charge on any atom is 0.276 e. The van der Waals surface area contributed by atoms with Gasteiger partial charge in [0, 0.05) is 6.54 Å². The van der Waals surface area contributed by atoms with Crippen LogP contribution in [0.2, 0.25) is 0 Å². The summed E-state index contributed by atoms with van der Waals surface area (Å²) in [7, 11) is 0. The highest BCUT2D eigenvalue weighted by atomic mass is 32.1. The molecule has 1 aliphatic heterocycles. The molecule has 0 radical (unpaired) electrons. The second-order valence-corrected chi connectivity index (χ2v) is 4.49. The van der Waals surface area contributed by atoms with E-state index in [1.165, 1.54) is 10.5 Å². The maximum absolute atomic E-state index is 12.0. The Bertz CT molecular complexity index is 531. The van der Waals surface area contributed by atoms with Gasteiger partial charge in [-0.05, 0) is 30.8 Å². The van der Waals surface area contributed by atoms with Gasteiger partial charge in [-0.2, -0.15) is 0 Å². The second-order valence-electron chi connectivity index (χ2n) is 4.10. The standard InChI is InChI=1S/C14H14N2OS/c1-3-8-16-13(17)12(15-14(16)18)9-11-6-4-10(2)5-7-11/h3-7,9H,1,8H2,2H3,(H,15,18)/b12-9-. The van der Waals surface area contributed by atoms with Gasteiger partial charge in [-0.3, -0.25) is 9.69 Å². The second kappa shape index (κ2) is 5.14. The molecule has 1 heterocycles. The summed E-state index contributed by atoms with van der Waals surface area (Å²) < 4.78 is 0. The summed E-state index contributed by atoms with van der Waals surface area (Å²) in [5.41, 5.74) is 2.66. The van der Waals surface area contributed by atoms with E-state index >= 15 is 0 Å². The zero-order chi connectivity index (χ0) is 13.1. The van der Waals surface area contributed by atoms with Crippen molar-refractivity contribution in [2.45, 2.75) is 6.92 Å². The first-order valence-corrected chi connectivity index (χ1v) is 6.05. The summed E-state index contributed by atoms with van der Waals surface area (Å²) in [5.74, 6) is -0.111. The minimum absolute atomic E-state index is 0.111. The van der Waals surface area contributed by atoms with Crippen LogP contribution in [0, 0.1) is 6.92 Å². The number of rotatable bonds is 3. The number of hydrogen-bond acceptors (Lipinski definition) is 2. The highest BCUT2D eigenvalue weighted by Crippen LogP contribution is 2.14. The molecule has 1 amide bonds. The highest BCUT2D eigenvalue weighted by Gasteiger charge is 2.29. The van der Waals surface area contributed by atoms with Crippen molar-refractivity contribution in [2.75, 3.05) is 6.54 Å². The van der Waals surface area contributed by atoms with Crippen LogP contribution in [0.25, 0.3) is 6.08 Å². The van der Waals surface area contributed by atoms with Crippen molar-refractivity contribution in [3.8, 4) is 0 Å². The average Bonchev–Trinajstić information content (AvgIpc) is 2.60. The van der Waals surface area contributed by atoms with Gasteiger partial charge in [-0.1, -0.05) is 35.9 Å². The Morgan fingerprint density at radius 3 is 2.67 bits per heavy atom.